The first-order valence-electron chi connectivity index (χ1n) is 6.25. The van der Waals surface area contributed by atoms with E-state index in [9.17, 15) is 0 Å². The maximum absolute atomic E-state index is 3.53. The Balaban J connectivity index is 2.02. The van der Waals surface area contributed by atoms with Gasteiger partial charge in [0.15, 0.2) is 0 Å². The fourth-order valence-electron chi connectivity index (χ4n) is 2.46. The van der Waals surface area contributed by atoms with Crippen LogP contribution in [-0.2, 0) is 13.0 Å². The van der Waals surface area contributed by atoms with E-state index in [4.69, 9.17) is 0 Å². The molecule has 3 rings (SSSR count). The Labute approximate surface area is 120 Å². The first kappa shape index (κ1) is 12.4. The summed E-state index contributed by atoms with van der Waals surface area (Å²) >= 11 is 5.48. The lowest BCUT2D eigenvalue weighted by atomic mass is 10.0. The molecule has 1 unspecified atom stereocenters. The molecule has 18 heavy (non-hydrogen) atoms. The summed E-state index contributed by atoms with van der Waals surface area (Å²) < 4.78 is 1.15. The van der Waals surface area contributed by atoms with Crippen molar-refractivity contribution in [3.05, 3.63) is 44.7 Å². The first-order valence-corrected chi connectivity index (χ1v) is 7.86. The van der Waals surface area contributed by atoms with Crippen molar-refractivity contribution in [1.29, 1.82) is 0 Å². The second kappa shape index (κ2) is 4.80. The fourth-order valence-corrected chi connectivity index (χ4v) is 4.34. The number of aryl methyl sites for hydroxylation is 1. The van der Waals surface area contributed by atoms with Crippen LogP contribution >= 0.6 is 27.3 Å². The highest BCUT2D eigenvalue weighted by Gasteiger charge is 2.18. The Morgan fingerprint density at radius 3 is 2.94 bits per heavy atom. The molecule has 2 heterocycles. The number of benzene rings is 1. The quantitative estimate of drug-likeness (QED) is 0.814. The van der Waals surface area contributed by atoms with Crippen LogP contribution < -0.4 is 5.32 Å². The van der Waals surface area contributed by atoms with Gasteiger partial charge < -0.3 is 5.32 Å². The van der Waals surface area contributed by atoms with E-state index < -0.39 is 0 Å². The van der Waals surface area contributed by atoms with Crippen LogP contribution in [0.5, 0.6) is 0 Å². The number of hydrogen-bond donors (Lipinski definition) is 1. The van der Waals surface area contributed by atoms with Crippen LogP contribution in [-0.4, -0.2) is 6.04 Å². The average molecular weight is 322 g/mol. The van der Waals surface area contributed by atoms with Gasteiger partial charge in [0.05, 0.1) is 0 Å². The first-order chi connectivity index (χ1) is 8.63. The molecule has 0 aliphatic carbocycles. The Bertz CT molecular complexity index is 588. The van der Waals surface area contributed by atoms with E-state index in [1.807, 2.05) is 11.3 Å². The maximum Gasteiger partial charge on any atom is 0.0351 e. The molecule has 0 saturated carbocycles. The zero-order valence-electron chi connectivity index (χ0n) is 10.6. The zero-order valence-corrected chi connectivity index (χ0v) is 13.0. The van der Waals surface area contributed by atoms with Gasteiger partial charge in [-0.15, -0.1) is 11.3 Å². The van der Waals surface area contributed by atoms with Gasteiger partial charge >= 0.3 is 0 Å². The minimum Gasteiger partial charge on any atom is -0.310 e. The summed E-state index contributed by atoms with van der Waals surface area (Å²) in [6.45, 7) is 5.45. The highest BCUT2D eigenvalue weighted by atomic mass is 79.9. The Hall–Kier alpha value is -0.640. The molecule has 2 aromatic rings. The second-order valence-electron chi connectivity index (χ2n) is 5.00. The van der Waals surface area contributed by atoms with Crippen LogP contribution in [0, 0.1) is 6.92 Å². The van der Waals surface area contributed by atoms with Gasteiger partial charge in [-0.3, -0.25) is 0 Å². The van der Waals surface area contributed by atoms with Crippen LogP contribution in [0.2, 0.25) is 0 Å². The van der Waals surface area contributed by atoms with Crippen molar-refractivity contribution < 1.29 is 0 Å². The molecule has 1 nitrogen and oxygen atoms in total. The van der Waals surface area contributed by atoms with Crippen molar-refractivity contribution in [3.63, 3.8) is 0 Å². The molecule has 1 aromatic heterocycles. The van der Waals surface area contributed by atoms with Crippen LogP contribution in [0.4, 0.5) is 0 Å². The maximum atomic E-state index is 3.53. The Morgan fingerprint density at radius 1 is 1.33 bits per heavy atom. The van der Waals surface area contributed by atoms with E-state index in [1.54, 1.807) is 4.88 Å². The summed E-state index contributed by atoms with van der Waals surface area (Å²) in [5.41, 5.74) is 4.18. The Morgan fingerprint density at radius 2 is 2.17 bits per heavy atom. The number of rotatable bonds is 1. The van der Waals surface area contributed by atoms with E-state index in [-0.39, 0.29) is 0 Å². The summed E-state index contributed by atoms with van der Waals surface area (Å²) in [5, 5.41) is 3.53. The van der Waals surface area contributed by atoms with E-state index in [0.717, 1.165) is 17.4 Å². The number of halogens is 1. The van der Waals surface area contributed by atoms with Crippen LogP contribution in [0.25, 0.3) is 10.4 Å². The van der Waals surface area contributed by atoms with Crippen molar-refractivity contribution in [2.24, 2.45) is 0 Å². The van der Waals surface area contributed by atoms with Crippen LogP contribution in [0.15, 0.2) is 28.7 Å². The summed E-state index contributed by atoms with van der Waals surface area (Å²) in [7, 11) is 0. The smallest absolute Gasteiger partial charge is 0.0351 e. The highest BCUT2D eigenvalue weighted by Crippen LogP contribution is 2.36. The van der Waals surface area contributed by atoms with E-state index in [0.29, 0.717) is 6.04 Å². The summed E-state index contributed by atoms with van der Waals surface area (Å²) in [6.07, 6.45) is 1.16. The summed E-state index contributed by atoms with van der Waals surface area (Å²) in [6, 6.07) is 9.49. The predicted octanol–water partition coefficient (Wildman–Crippen LogP) is 4.52. The lowest BCUT2D eigenvalue weighted by Gasteiger charge is -2.19. The van der Waals surface area contributed by atoms with Gasteiger partial charge in [-0.1, -0.05) is 22.0 Å². The van der Waals surface area contributed by atoms with Gasteiger partial charge in [0.1, 0.15) is 0 Å². The monoisotopic (exact) mass is 321 g/mol. The molecule has 0 saturated heterocycles. The van der Waals surface area contributed by atoms with E-state index >= 15 is 0 Å². The number of nitrogens with one attached hydrogen (secondary N) is 1. The Kier molecular flexibility index (Phi) is 3.31. The molecule has 0 amide bonds. The van der Waals surface area contributed by atoms with Crippen molar-refractivity contribution >= 4 is 27.3 Å². The molecular formula is C15H16BrNS. The lowest BCUT2D eigenvalue weighted by molar-refractivity contribution is 0.520. The van der Waals surface area contributed by atoms with Gasteiger partial charge in [0.25, 0.3) is 0 Å². The van der Waals surface area contributed by atoms with Crippen LogP contribution in [0.1, 0.15) is 22.9 Å². The van der Waals surface area contributed by atoms with Gasteiger partial charge in [-0.25, -0.2) is 0 Å². The minimum absolute atomic E-state index is 0.606. The molecule has 0 fully saturated rings. The van der Waals surface area contributed by atoms with E-state index in [2.05, 4.69) is 59.4 Å². The molecule has 1 aliphatic heterocycles. The molecule has 1 N–H and O–H groups in total. The van der Waals surface area contributed by atoms with Crippen molar-refractivity contribution in [2.75, 3.05) is 0 Å². The average Bonchev–Trinajstić information content (AvgIpc) is 2.71. The topological polar surface area (TPSA) is 12.0 Å². The number of thiophene rings is 1. The normalized spacial score (nSPS) is 18.7. The number of fused-ring (bicyclic) bond motifs is 1. The molecular weight excluding hydrogens is 306 g/mol. The molecule has 0 bridgehead atoms. The SMILES string of the molecule is Cc1cc(Br)ccc1-c1cc2c(s1)CC(C)NC2. The van der Waals surface area contributed by atoms with Gasteiger partial charge in [0, 0.05) is 26.8 Å². The molecule has 1 aliphatic rings. The van der Waals surface area contributed by atoms with Gasteiger partial charge in [0.2, 0.25) is 0 Å². The molecule has 3 heteroatoms. The van der Waals surface area contributed by atoms with Gasteiger partial charge in [-0.2, -0.15) is 0 Å². The molecule has 0 radical (unpaired) electrons. The third kappa shape index (κ3) is 2.27. The van der Waals surface area contributed by atoms with Gasteiger partial charge in [-0.05, 0) is 55.2 Å². The lowest BCUT2D eigenvalue weighted by Crippen LogP contribution is -2.31. The van der Waals surface area contributed by atoms with E-state index in [1.165, 1.54) is 21.6 Å². The van der Waals surface area contributed by atoms with Crippen molar-refractivity contribution in [2.45, 2.75) is 32.9 Å². The largest absolute Gasteiger partial charge is 0.310 e. The third-order valence-corrected chi connectivity index (χ3v) is 5.21. The second-order valence-corrected chi connectivity index (χ2v) is 7.06. The molecule has 1 aromatic carbocycles. The predicted molar refractivity (Wildman–Crippen MR) is 82.2 cm³/mol. The van der Waals surface area contributed by atoms with Crippen molar-refractivity contribution in [3.8, 4) is 10.4 Å². The standard InChI is InChI=1S/C15H16BrNS/c1-9-5-12(16)3-4-13(9)15-7-11-8-17-10(2)6-14(11)18-15/h3-5,7,10,17H,6,8H2,1-2H3. The third-order valence-electron chi connectivity index (χ3n) is 3.48. The molecule has 0 spiro atoms. The highest BCUT2D eigenvalue weighted by molar-refractivity contribution is 9.10. The van der Waals surface area contributed by atoms with Crippen molar-refractivity contribution in [1.82, 2.24) is 5.32 Å². The fraction of sp³-hybridized carbons (Fsp3) is 0.333. The number of hydrogen-bond acceptors (Lipinski definition) is 2. The minimum atomic E-state index is 0.606. The molecule has 1 atom stereocenters. The zero-order chi connectivity index (χ0) is 12.7. The molecule has 94 valence electrons. The summed E-state index contributed by atoms with van der Waals surface area (Å²) in [5.74, 6) is 0. The van der Waals surface area contributed by atoms with Crippen LogP contribution in [0.3, 0.4) is 0 Å². The summed E-state index contributed by atoms with van der Waals surface area (Å²) in [4.78, 5) is 2.96.